The summed E-state index contributed by atoms with van der Waals surface area (Å²) in [5, 5.41) is 25.3. The van der Waals surface area contributed by atoms with E-state index in [1.54, 1.807) is 30.6 Å². The minimum Gasteiger partial charge on any atom is -0.494 e. The number of methoxy groups -OCH3 is 1. The molecule has 0 bridgehead atoms. The number of anilines is 1. The Hall–Kier alpha value is -3.93. The molecule has 0 atom stereocenters. The molecule has 0 spiro atoms. The average Bonchev–Trinajstić information content (AvgIpc) is 2.66. The van der Waals surface area contributed by atoms with Crippen molar-refractivity contribution in [3.05, 3.63) is 70.2 Å². The van der Waals surface area contributed by atoms with E-state index in [9.17, 15) is 14.9 Å². The van der Waals surface area contributed by atoms with E-state index in [0.29, 0.717) is 6.54 Å². The van der Waals surface area contributed by atoms with E-state index in [1.807, 2.05) is 0 Å². The molecule has 9 heteroatoms. The molecular weight excluding hydrogens is 338 g/mol. The number of carbonyl (C=O) groups is 1. The van der Waals surface area contributed by atoms with Crippen LogP contribution in [0.1, 0.15) is 5.56 Å². The molecule has 9 nitrogen and oxygen atoms in total. The van der Waals surface area contributed by atoms with Gasteiger partial charge in [0.1, 0.15) is 17.4 Å². The molecule has 1 amide bonds. The van der Waals surface area contributed by atoms with Crippen LogP contribution >= 0.6 is 0 Å². The van der Waals surface area contributed by atoms with Gasteiger partial charge in [0.25, 0.3) is 11.6 Å². The lowest BCUT2D eigenvalue weighted by Gasteiger charge is -2.09. The number of amides is 1. The highest BCUT2D eigenvalue weighted by molar-refractivity contribution is 6.07. The van der Waals surface area contributed by atoms with E-state index in [2.05, 4.69) is 15.6 Å². The molecule has 1 aromatic carbocycles. The van der Waals surface area contributed by atoms with E-state index in [0.717, 1.165) is 5.56 Å². The van der Waals surface area contributed by atoms with Crippen LogP contribution < -0.4 is 15.4 Å². The van der Waals surface area contributed by atoms with Crippen molar-refractivity contribution in [2.24, 2.45) is 0 Å². The van der Waals surface area contributed by atoms with Crippen molar-refractivity contribution in [3.8, 4) is 11.8 Å². The maximum atomic E-state index is 12.2. The van der Waals surface area contributed by atoms with Gasteiger partial charge in [0, 0.05) is 31.2 Å². The Morgan fingerprint density at radius 3 is 2.73 bits per heavy atom. The molecule has 1 heterocycles. The van der Waals surface area contributed by atoms with E-state index >= 15 is 0 Å². The lowest BCUT2D eigenvalue weighted by Crippen LogP contribution is -2.17. The van der Waals surface area contributed by atoms with Gasteiger partial charge in [0.2, 0.25) is 0 Å². The third-order valence-electron chi connectivity index (χ3n) is 3.31. The van der Waals surface area contributed by atoms with Gasteiger partial charge in [-0.2, -0.15) is 5.26 Å². The number of non-ortho nitro benzene ring substituents is 1. The summed E-state index contributed by atoms with van der Waals surface area (Å²) in [5.41, 5.74) is 0.832. The van der Waals surface area contributed by atoms with Gasteiger partial charge >= 0.3 is 0 Å². The van der Waals surface area contributed by atoms with Crippen LogP contribution in [-0.4, -0.2) is 22.9 Å². The van der Waals surface area contributed by atoms with Gasteiger partial charge in [-0.1, -0.05) is 0 Å². The zero-order chi connectivity index (χ0) is 18.9. The van der Waals surface area contributed by atoms with Crippen LogP contribution in [0.15, 0.2) is 54.5 Å². The second-order valence-electron chi connectivity index (χ2n) is 5.00. The van der Waals surface area contributed by atoms with Gasteiger partial charge in [-0.05, 0) is 23.8 Å². The second-order valence-corrected chi connectivity index (χ2v) is 5.00. The van der Waals surface area contributed by atoms with E-state index in [-0.39, 0.29) is 22.7 Å². The Morgan fingerprint density at radius 2 is 2.12 bits per heavy atom. The van der Waals surface area contributed by atoms with Crippen LogP contribution in [0.4, 0.5) is 11.4 Å². The van der Waals surface area contributed by atoms with Crippen molar-refractivity contribution in [1.82, 2.24) is 10.3 Å². The number of pyridine rings is 1. The number of nitrogens with one attached hydrogen (secondary N) is 2. The number of nitro benzene ring substituents is 1. The van der Waals surface area contributed by atoms with Crippen molar-refractivity contribution < 1.29 is 14.5 Å². The smallest absolute Gasteiger partial charge is 0.273 e. The summed E-state index contributed by atoms with van der Waals surface area (Å²) in [6, 6.07) is 9.16. The van der Waals surface area contributed by atoms with Crippen LogP contribution in [0.5, 0.6) is 5.75 Å². The van der Waals surface area contributed by atoms with Gasteiger partial charge in [-0.25, -0.2) is 0 Å². The molecule has 0 aliphatic heterocycles. The molecule has 0 aliphatic carbocycles. The summed E-state index contributed by atoms with van der Waals surface area (Å²) in [4.78, 5) is 26.4. The summed E-state index contributed by atoms with van der Waals surface area (Å²) in [6.45, 7) is 0.418. The fourth-order valence-electron chi connectivity index (χ4n) is 2.01. The fraction of sp³-hybridized carbons (Fsp3) is 0.118. The van der Waals surface area contributed by atoms with Crippen LogP contribution in [-0.2, 0) is 11.3 Å². The SMILES string of the molecule is COc1cc([N+](=O)[O-])ccc1NC(=O)/C(C#N)=C\NCc1ccncc1. The third kappa shape index (κ3) is 4.78. The maximum Gasteiger partial charge on any atom is 0.273 e. The highest BCUT2D eigenvalue weighted by Crippen LogP contribution is 2.29. The summed E-state index contributed by atoms with van der Waals surface area (Å²) >= 11 is 0. The topological polar surface area (TPSA) is 130 Å². The van der Waals surface area contributed by atoms with Gasteiger partial charge in [-0.15, -0.1) is 0 Å². The normalized spacial score (nSPS) is 10.5. The van der Waals surface area contributed by atoms with Crippen molar-refractivity contribution in [3.63, 3.8) is 0 Å². The fourth-order valence-corrected chi connectivity index (χ4v) is 2.01. The van der Waals surface area contributed by atoms with Crippen LogP contribution in [0, 0.1) is 21.4 Å². The van der Waals surface area contributed by atoms with E-state index in [1.165, 1.54) is 31.5 Å². The Labute approximate surface area is 149 Å². The number of nitriles is 1. The number of aromatic nitrogens is 1. The standard InChI is InChI=1S/C17H15N5O4/c1-26-16-8-14(22(24)25)2-3-15(16)21-17(23)13(9-18)11-20-10-12-4-6-19-7-5-12/h2-8,11,20H,10H2,1H3,(H,21,23)/b13-11-. The first kappa shape index (κ1) is 18.4. The van der Waals surface area contributed by atoms with Gasteiger partial charge in [-0.3, -0.25) is 19.9 Å². The van der Waals surface area contributed by atoms with Gasteiger partial charge in [0.15, 0.2) is 0 Å². The first-order chi connectivity index (χ1) is 12.5. The zero-order valence-electron chi connectivity index (χ0n) is 13.8. The summed E-state index contributed by atoms with van der Waals surface area (Å²) < 4.78 is 5.05. The summed E-state index contributed by atoms with van der Waals surface area (Å²) in [6.07, 6.45) is 4.58. The average molecular weight is 353 g/mol. The first-order valence-corrected chi connectivity index (χ1v) is 7.41. The second kappa shape index (κ2) is 8.79. The van der Waals surface area contributed by atoms with Crippen LogP contribution in [0.25, 0.3) is 0 Å². The summed E-state index contributed by atoms with van der Waals surface area (Å²) in [7, 11) is 1.33. The highest BCUT2D eigenvalue weighted by Gasteiger charge is 2.15. The van der Waals surface area contributed by atoms with Crippen molar-refractivity contribution in [2.75, 3.05) is 12.4 Å². The Morgan fingerprint density at radius 1 is 1.38 bits per heavy atom. The maximum absolute atomic E-state index is 12.2. The van der Waals surface area contributed by atoms with E-state index in [4.69, 9.17) is 10.00 Å². The third-order valence-corrected chi connectivity index (χ3v) is 3.31. The predicted molar refractivity (Wildman–Crippen MR) is 93.1 cm³/mol. The molecule has 26 heavy (non-hydrogen) atoms. The molecule has 0 saturated heterocycles. The molecule has 132 valence electrons. The highest BCUT2D eigenvalue weighted by atomic mass is 16.6. The lowest BCUT2D eigenvalue weighted by molar-refractivity contribution is -0.384. The number of carbonyl (C=O) groups excluding carboxylic acids is 1. The number of benzene rings is 1. The largest absolute Gasteiger partial charge is 0.494 e. The summed E-state index contributed by atoms with van der Waals surface area (Å²) in [5.74, 6) is -0.545. The van der Waals surface area contributed by atoms with Crippen LogP contribution in [0.2, 0.25) is 0 Å². The van der Waals surface area contributed by atoms with Gasteiger partial charge in [0.05, 0.1) is 23.8 Å². The van der Waals surface area contributed by atoms with Crippen molar-refractivity contribution in [2.45, 2.75) is 6.54 Å². The number of rotatable bonds is 7. The van der Waals surface area contributed by atoms with Crippen molar-refractivity contribution >= 4 is 17.3 Å². The molecule has 1 aromatic heterocycles. The van der Waals surface area contributed by atoms with Gasteiger partial charge < -0.3 is 15.4 Å². The minimum absolute atomic E-state index is 0.120. The number of ether oxygens (including phenoxy) is 1. The molecule has 2 aromatic rings. The molecule has 0 saturated carbocycles. The molecular formula is C17H15N5O4. The molecule has 2 N–H and O–H groups in total. The first-order valence-electron chi connectivity index (χ1n) is 7.41. The quantitative estimate of drug-likeness (QED) is 0.337. The van der Waals surface area contributed by atoms with Crippen molar-refractivity contribution in [1.29, 1.82) is 5.26 Å². The Balaban J connectivity index is 2.08. The number of hydrogen-bond donors (Lipinski definition) is 2. The molecule has 2 rings (SSSR count). The molecule has 0 unspecified atom stereocenters. The zero-order valence-corrected chi connectivity index (χ0v) is 13.8. The predicted octanol–water partition coefficient (Wildman–Crippen LogP) is 2.13. The molecule has 0 aliphatic rings. The molecule has 0 radical (unpaired) electrons. The lowest BCUT2D eigenvalue weighted by atomic mass is 10.2. The number of nitrogens with zero attached hydrogens (tertiary/aromatic N) is 3. The number of nitro groups is 1. The van der Waals surface area contributed by atoms with E-state index < -0.39 is 10.8 Å². The Kier molecular flexibility index (Phi) is 6.23. The minimum atomic E-state index is -0.665. The monoisotopic (exact) mass is 353 g/mol. The van der Waals surface area contributed by atoms with Crippen LogP contribution in [0.3, 0.4) is 0 Å². The molecule has 0 fully saturated rings. The Bertz CT molecular complexity index is 874. The number of hydrogen-bond acceptors (Lipinski definition) is 7.